The number of nitrogens with two attached hydrogens (primary N) is 1. The van der Waals surface area contributed by atoms with E-state index in [0.29, 0.717) is 13.2 Å². The zero-order valence-electron chi connectivity index (χ0n) is 11.1. The van der Waals surface area contributed by atoms with Gasteiger partial charge in [0.25, 0.3) is 11.6 Å². The third kappa shape index (κ3) is 3.02. The number of hydrogen-bond acceptors (Lipinski definition) is 6. The number of nitrogens with zero attached hydrogens (tertiary/aromatic N) is 2. The van der Waals surface area contributed by atoms with Crippen LogP contribution in [-0.4, -0.2) is 34.6 Å². The Morgan fingerprint density at radius 1 is 1.65 bits per heavy atom. The summed E-state index contributed by atoms with van der Waals surface area (Å²) in [4.78, 5) is 26.2. The van der Waals surface area contributed by atoms with Gasteiger partial charge in [-0.05, 0) is 25.8 Å². The van der Waals surface area contributed by atoms with Crippen LogP contribution in [-0.2, 0) is 4.74 Å². The SMILES string of the molecule is CC1(NC(=O)c2cc(N)ncc2[N+](=O)[O-])CCCOC1. The highest BCUT2D eigenvalue weighted by molar-refractivity contribution is 5.99. The standard InChI is InChI=1S/C12H16N4O4/c1-12(3-2-4-20-7-12)15-11(17)8-5-10(13)14-6-9(8)16(18)19/h5-6H,2-4,7H2,1H3,(H2,13,14)(H,15,17). The first-order valence-electron chi connectivity index (χ1n) is 6.21. The number of ether oxygens (including phenoxy) is 1. The van der Waals surface area contributed by atoms with E-state index in [2.05, 4.69) is 10.3 Å². The van der Waals surface area contributed by atoms with Crippen molar-refractivity contribution in [1.29, 1.82) is 0 Å². The number of nitrogen functional groups attached to an aromatic ring is 1. The average Bonchev–Trinajstić information content (AvgIpc) is 2.38. The molecule has 1 aromatic rings. The molecule has 0 aliphatic carbocycles. The van der Waals surface area contributed by atoms with Gasteiger partial charge in [-0.3, -0.25) is 14.9 Å². The molecule has 20 heavy (non-hydrogen) atoms. The van der Waals surface area contributed by atoms with E-state index >= 15 is 0 Å². The van der Waals surface area contributed by atoms with Crippen molar-refractivity contribution < 1.29 is 14.5 Å². The molecule has 1 saturated heterocycles. The van der Waals surface area contributed by atoms with Crippen LogP contribution < -0.4 is 11.1 Å². The Hall–Kier alpha value is -2.22. The summed E-state index contributed by atoms with van der Waals surface area (Å²) >= 11 is 0. The van der Waals surface area contributed by atoms with Gasteiger partial charge in [-0.2, -0.15) is 0 Å². The van der Waals surface area contributed by atoms with Gasteiger partial charge >= 0.3 is 0 Å². The van der Waals surface area contributed by atoms with Crippen LogP contribution in [0.1, 0.15) is 30.1 Å². The van der Waals surface area contributed by atoms with Crippen LogP contribution in [0.5, 0.6) is 0 Å². The van der Waals surface area contributed by atoms with Crippen LogP contribution in [0.3, 0.4) is 0 Å². The number of carbonyl (C=O) groups is 1. The molecule has 1 unspecified atom stereocenters. The molecular weight excluding hydrogens is 264 g/mol. The smallest absolute Gasteiger partial charge is 0.300 e. The summed E-state index contributed by atoms with van der Waals surface area (Å²) in [5.74, 6) is -0.482. The second-order valence-corrected chi connectivity index (χ2v) is 5.05. The lowest BCUT2D eigenvalue weighted by Crippen LogP contribution is -2.51. The van der Waals surface area contributed by atoms with Crippen LogP contribution in [0.15, 0.2) is 12.3 Å². The van der Waals surface area contributed by atoms with Gasteiger partial charge in [-0.15, -0.1) is 0 Å². The van der Waals surface area contributed by atoms with Crippen LogP contribution in [0, 0.1) is 10.1 Å². The second-order valence-electron chi connectivity index (χ2n) is 5.05. The fourth-order valence-corrected chi connectivity index (χ4v) is 2.17. The van der Waals surface area contributed by atoms with Crippen LogP contribution in [0.4, 0.5) is 11.5 Å². The summed E-state index contributed by atoms with van der Waals surface area (Å²) in [6, 6.07) is 1.21. The van der Waals surface area contributed by atoms with Crippen LogP contribution >= 0.6 is 0 Å². The average molecular weight is 280 g/mol. The minimum Gasteiger partial charge on any atom is -0.384 e. The Kier molecular flexibility index (Phi) is 3.84. The number of aromatic nitrogens is 1. The minimum absolute atomic E-state index is 0.0609. The quantitative estimate of drug-likeness (QED) is 0.626. The van der Waals surface area contributed by atoms with Gasteiger partial charge in [-0.1, -0.05) is 0 Å². The van der Waals surface area contributed by atoms with E-state index in [1.807, 2.05) is 6.92 Å². The number of carbonyl (C=O) groups excluding carboxylic acids is 1. The van der Waals surface area contributed by atoms with Gasteiger partial charge < -0.3 is 15.8 Å². The molecule has 8 nitrogen and oxygen atoms in total. The molecule has 0 radical (unpaired) electrons. The van der Waals surface area contributed by atoms with Crippen molar-refractivity contribution in [1.82, 2.24) is 10.3 Å². The molecule has 1 aromatic heterocycles. The summed E-state index contributed by atoms with van der Waals surface area (Å²) in [5.41, 5.74) is 4.51. The molecule has 1 fully saturated rings. The Balaban J connectivity index is 2.24. The minimum atomic E-state index is -0.652. The maximum absolute atomic E-state index is 12.2. The Morgan fingerprint density at radius 2 is 2.40 bits per heavy atom. The van der Waals surface area contributed by atoms with Gasteiger partial charge in [0.05, 0.1) is 17.1 Å². The summed E-state index contributed by atoms with van der Waals surface area (Å²) in [7, 11) is 0. The maximum Gasteiger partial charge on any atom is 0.300 e. The molecule has 0 saturated carbocycles. The zero-order chi connectivity index (χ0) is 14.8. The molecule has 0 aromatic carbocycles. The monoisotopic (exact) mass is 280 g/mol. The van der Waals surface area contributed by atoms with Gasteiger partial charge in [0.15, 0.2) is 0 Å². The number of amides is 1. The third-order valence-corrected chi connectivity index (χ3v) is 3.20. The third-order valence-electron chi connectivity index (χ3n) is 3.20. The summed E-state index contributed by atoms with van der Waals surface area (Å²) in [5, 5.41) is 13.7. The highest BCUT2D eigenvalue weighted by Gasteiger charge is 2.32. The number of pyridine rings is 1. The van der Waals surface area contributed by atoms with Crippen molar-refractivity contribution in [2.24, 2.45) is 0 Å². The number of nitrogens with one attached hydrogen (secondary N) is 1. The molecular formula is C12H16N4O4. The predicted molar refractivity (Wildman–Crippen MR) is 71.2 cm³/mol. The van der Waals surface area contributed by atoms with E-state index < -0.39 is 16.4 Å². The second kappa shape index (κ2) is 5.41. The molecule has 1 atom stereocenters. The van der Waals surface area contributed by atoms with Crippen molar-refractivity contribution in [3.05, 3.63) is 27.9 Å². The number of nitro groups is 1. The number of rotatable bonds is 3. The molecule has 1 aliphatic heterocycles. The largest absolute Gasteiger partial charge is 0.384 e. The fraction of sp³-hybridized carbons (Fsp3) is 0.500. The Morgan fingerprint density at radius 3 is 3.00 bits per heavy atom. The zero-order valence-corrected chi connectivity index (χ0v) is 11.1. The lowest BCUT2D eigenvalue weighted by molar-refractivity contribution is -0.385. The highest BCUT2D eigenvalue weighted by Crippen LogP contribution is 2.22. The van der Waals surface area contributed by atoms with Crippen molar-refractivity contribution in [3.8, 4) is 0 Å². The lowest BCUT2D eigenvalue weighted by Gasteiger charge is -2.34. The molecule has 1 amide bonds. The maximum atomic E-state index is 12.2. The van der Waals surface area contributed by atoms with E-state index in [0.717, 1.165) is 19.0 Å². The first kappa shape index (κ1) is 14.2. The van der Waals surface area contributed by atoms with E-state index in [4.69, 9.17) is 10.5 Å². The normalized spacial score (nSPS) is 22.2. The number of anilines is 1. The molecule has 1 aliphatic rings. The van der Waals surface area contributed by atoms with Crippen molar-refractivity contribution in [2.75, 3.05) is 18.9 Å². The van der Waals surface area contributed by atoms with E-state index in [9.17, 15) is 14.9 Å². The van der Waals surface area contributed by atoms with Crippen LogP contribution in [0.2, 0.25) is 0 Å². The van der Waals surface area contributed by atoms with Crippen molar-refractivity contribution >= 4 is 17.4 Å². The fourth-order valence-electron chi connectivity index (χ4n) is 2.17. The molecule has 2 heterocycles. The first-order chi connectivity index (χ1) is 9.41. The van der Waals surface area contributed by atoms with Gasteiger partial charge in [0, 0.05) is 6.61 Å². The summed E-state index contributed by atoms with van der Waals surface area (Å²) in [6.45, 7) is 2.89. The molecule has 0 bridgehead atoms. The Labute approximate surface area is 115 Å². The van der Waals surface area contributed by atoms with Gasteiger partial charge in [-0.25, -0.2) is 4.98 Å². The molecule has 3 N–H and O–H groups in total. The van der Waals surface area contributed by atoms with Crippen LogP contribution in [0.25, 0.3) is 0 Å². The molecule has 2 rings (SSSR count). The van der Waals surface area contributed by atoms with E-state index in [-0.39, 0.29) is 17.1 Å². The molecule has 8 heteroatoms. The number of hydrogen-bond donors (Lipinski definition) is 2. The molecule has 108 valence electrons. The van der Waals surface area contributed by atoms with Crippen molar-refractivity contribution in [2.45, 2.75) is 25.3 Å². The topological polar surface area (TPSA) is 120 Å². The lowest BCUT2D eigenvalue weighted by atomic mass is 9.94. The van der Waals surface area contributed by atoms with Gasteiger partial charge in [0.1, 0.15) is 17.6 Å². The van der Waals surface area contributed by atoms with Gasteiger partial charge in [0.2, 0.25) is 0 Å². The first-order valence-corrected chi connectivity index (χ1v) is 6.21. The van der Waals surface area contributed by atoms with E-state index in [1.54, 1.807) is 0 Å². The van der Waals surface area contributed by atoms with Crippen molar-refractivity contribution in [3.63, 3.8) is 0 Å². The predicted octanol–water partition coefficient (Wildman–Crippen LogP) is 0.871. The Bertz CT molecular complexity index is 540. The summed E-state index contributed by atoms with van der Waals surface area (Å²) in [6.07, 6.45) is 2.58. The van der Waals surface area contributed by atoms with E-state index in [1.165, 1.54) is 6.07 Å². The molecule has 0 spiro atoms. The highest BCUT2D eigenvalue weighted by atomic mass is 16.6. The summed E-state index contributed by atoms with van der Waals surface area (Å²) < 4.78 is 5.34.